The summed E-state index contributed by atoms with van der Waals surface area (Å²) in [6, 6.07) is 0. The van der Waals surface area contributed by atoms with E-state index in [0.29, 0.717) is 0 Å². The Balaban J connectivity index is -0.000000405. The number of hydrogen-bond donors (Lipinski definition) is 0. The van der Waals surface area contributed by atoms with E-state index >= 15 is 0 Å². The topological polar surface area (TPSA) is 17.1 Å². The fourth-order valence-electron chi connectivity index (χ4n) is 1.01. The van der Waals surface area contributed by atoms with Crippen LogP contribution in [0.15, 0.2) is 0 Å². The van der Waals surface area contributed by atoms with E-state index in [1.807, 2.05) is 41.5 Å². The molecule has 0 spiro atoms. The number of halogens is 1. The fourth-order valence-corrected chi connectivity index (χ4v) is 3.02. The second-order valence-electron chi connectivity index (χ2n) is 4.64. The third-order valence-electron chi connectivity index (χ3n) is 1.22. The monoisotopic (exact) mass is 203 g/mol. The largest absolute Gasteiger partial charge is 1.00 e. The molecule has 0 aliphatic rings. The minimum atomic E-state index is -1.11. The smallest absolute Gasteiger partial charge is 1.00 e. The van der Waals surface area contributed by atoms with Crippen molar-refractivity contribution in [2.24, 2.45) is 0 Å². The predicted molar refractivity (Wildman–Crippen MR) is 47.1 cm³/mol. The van der Waals surface area contributed by atoms with Crippen molar-refractivity contribution in [3.05, 3.63) is 0 Å². The molecule has 0 amide bonds. The zero-order valence-corrected chi connectivity index (χ0v) is 10.9. The molecule has 0 saturated carbocycles. The van der Waals surface area contributed by atoms with Gasteiger partial charge >= 0.3 is 26.7 Å². The molecule has 0 aromatic rings. The molecule has 0 rings (SSSR count). The Morgan fingerprint density at radius 2 is 1.00 bits per heavy atom. The van der Waals surface area contributed by atoms with Gasteiger partial charge in [0.25, 0.3) is 0 Å². The minimum Gasteiger partial charge on any atom is -1.00 e. The van der Waals surface area contributed by atoms with Gasteiger partial charge in [-0.15, -0.1) is 0 Å². The van der Waals surface area contributed by atoms with Crippen molar-refractivity contribution in [3.8, 4) is 0 Å². The van der Waals surface area contributed by atoms with Crippen LogP contribution in [-0.4, -0.2) is 10.3 Å². The van der Waals surface area contributed by atoms with Crippen molar-refractivity contribution < 1.29 is 35.8 Å². The molecule has 0 radical (unpaired) electrons. The van der Waals surface area contributed by atoms with Crippen molar-refractivity contribution in [1.82, 2.24) is 0 Å². The summed E-state index contributed by atoms with van der Waals surface area (Å²) in [7, 11) is -1.11. The molecule has 12 heavy (non-hydrogen) atoms. The van der Waals surface area contributed by atoms with Gasteiger partial charge < -0.3 is 12.4 Å². The summed E-state index contributed by atoms with van der Waals surface area (Å²) in [6.07, 6.45) is 0. The normalized spacial score (nSPS) is 11.2. The molecule has 0 heterocycles. The van der Waals surface area contributed by atoms with Gasteiger partial charge in [0.15, 0.2) is 10.3 Å². The molecule has 0 bridgehead atoms. The van der Waals surface area contributed by atoms with E-state index in [1.54, 1.807) is 0 Å². The third kappa shape index (κ3) is 6.50. The van der Waals surface area contributed by atoms with Gasteiger partial charge in [0.05, 0.1) is 0 Å². The van der Waals surface area contributed by atoms with E-state index in [1.165, 1.54) is 0 Å². The van der Waals surface area contributed by atoms with E-state index in [4.69, 9.17) is 0 Å². The Morgan fingerprint density at radius 3 is 1.00 bits per heavy atom. The molecular formula is C8H18ClLiOP+. The van der Waals surface area contributed by atoms with E-state index in [9.17, 15) is 4.57 Å². The molecule has 0 aromatic heterocycles. The van der Waals surface area contributed by atoms with Crippen LogP contribution in [0.2, 0.25) is 0 Å². The standard InChI is InChI=1S/C8H18OP.ClH.Li/c1-7(2,3)10(9)8(4,5)6;;/h1-6H3;1H;/q+1;;+1/p-1. The maximum absolute atomic E-state index is 11.6. The summed E-state index contributed by atoms with van der Waals surface area (Å²) in [4.78, 5) is 0. The van der Waals surface area contributed by atoms with Gasteiger partial charge in [0.2, 0.25) is 0 Å². The van der Waals surface area contributed by atoms with Crippen LogP contribution in [0.3, 0.4) is 0 Å². The Bertz CT molecular complexity index is 130. The molecule has 68 valence electrons. The first-order valence-electron chi connectivity index (χ1n) is 3.63. The van der Waals surface area contributed by atoms with Crippen molar-refractivity contribution in [3.63, 3.8) is 0 Å². The first-order valence-corrected chi connectivity index (χ1v) is 4.89. The second kappa shape index (κ2) is 5.66. The van der Waals surface area contributed by atoms with Crippen LogP contribution in [0, 0.1) is 0 Å². The summed E-state index contributed by atoms with van der Waals surface area (Å²) in [5.41, 5.74) is 0. The zero-order chi connectivity index (χ0) is 8.58. The average molecular weight is 204 g/mol. The maximum atomic E-state index is 11.6. The van der Waals surface area contributed by atoms with Gasteiger partial charge in [0.1, 0.15) is 0 Å². The van der Waals surface area contributed by atoms with Gasteiger partial charge in [-0.2, -0.15) is 0 Å². The van der Waals surface area contributed by atoms with Gasteiger partial charge in [-0.05, 0) is 41.5 Å². The predicted octanol–water partition coefficient (Wildman–Crippen LogP) is -2.58. The first-order chi connectivity index (χ1) is 4.15. The van der Waals surface area contributed by atoms with Crippen molar-refractivity contribution >= 4 is 7.80 Å². The summed E-state index contributed by atoms with van der Waals surface area (Å²) in [5.74, 6) is 0. The second-order valence-corrected chi connectivity index (χ2v) is 7.91. The number of rotatable bonds is 0. The first kappa shape index (κ1) is 18.7. The van der Waals surface area contributed by atoms with Gasteiger partial charge in [-0.3, -0.25) is 0 Å². The molecule has 4 heteroatoms. The van der Waals surface area contributed by atoms with Gasteiger partial charge in [-0.1, -0.05) is 4.57 Å². The van der Waals surface area contributed by atoms with Crippen molar-refractivity contribution in [2.75, 3.05) is 0 Å². The molecule has 0 aliphatic carbocycles. The molecule has 0 fully saturated rings. The molecule has 0 unspecified atom stereocenters. The molecule has 0 atom stereocenters. The summed E-state index contributed by atoms with van der Waals surface area (Å²) in [6.45, 7) is 12.1. The average Bonchev–Trinajstić information content (AvgIpc) is 1.59. The van der Waals surface area contributed by atoms with E-state index in [0.717, 1.165) is 0 Å². The SMILES string of the molecule is CC(C)(C)[P+](=O)C(C)(C)C.[Cl-].[Li+]. The molecule has 0 aromatic carbocycles. The van der Waals surface area contributed by atoms with Crippen LogP contribution < -0.4 is 31.3 Å². The fraction of sp³-hybridized carbons (Fsp3) is 1.00. The summed E-state index contributed by atoms with van der Waals surface area (Å²) in [5, 5.41) is -0.0961. The molecule has 0 saturated heterocycles. The summed E-state index contributed by atoms with van der Waals surface area (Å²) < 4.78 is 11.6. The molecule has 1 nitrogen and oxygen atoms in total. The number of hydrogen-bond acceptors (Lipinski definition) is 1. The van der Waals surface area contributed by atoms with Gasteiger partial charge in [-0.25, -0.2) is 0 Å². The Hall–Kier alpha value is 0.987. The van der Waals surface area contributed by atoms with Gasteiger partial charge in [0, 0.05) is 0 Å². The Kier molecular flexibility index (Phi) is 8.83. The van der Waals surface area contributed by atoms with E-state index in [2.05, 4.69) is 0 Å². The van der Waals surface area contributed by atoms with Crippen LogP contribution in [0.5, 0.6) is 0 Å². The molecule has 0 N–H and O–H groups in total. The molecular weight excluding hydrogens is 185 g/mol. The Labute approximate surface area is 95.4 Å². The van der Waals surface area contributed by atoms with Crippen molar-refractivity contribution in [2.45, 2.75) is 51.9 Å². The van der Waals surface area contributed by atoms with E-state index < -0.39 is 7.80 Å². The minimum absolute atomic E-state index is 0. The maximum Gasteiger partial charge on any atom is 1.00 e. The van der Waals surface area contributed by atoms with Crippen LogP contribution >= 0.6 is 7.80 Å². The molecule has 0 aliphatic heterocycles. The van der Waals surface area contributed by atoms with E-state index in [-0.39, 0.29) is 41.6 Å². The third-order valence-corrected chi connectivity index (χ3v) is 3.66. The zero-order valence-electron chi connectivity index (χ0n) is 9.23. The van der Waals surface area contributed by atoms with Crippen LogP contribution in [0.25, 0.3) is 0 Å². The van der Waals surface area contributed by atoms with Crippen molar-refractivity contribution in [1.29, 1.82) is 0 Å². The Morgan fingerprint density at radius 1 is 0.833 bits per heavy atom. The quantitative estimate of drug-likeness (QED) is 0.312. The van der Waals surface area contributed by atoms with Crippen LogP contribution in [0.4, 0.5) is 0 Å². The summed E-state index contributed by atoms with van der Waals surface area (Å²) >= 11 is 0. The van der Waals surface area contributed by atoms with Crippen LogP contribution in [0.1, 0.15) is 41.5 Å². The van der Waals surface area contributed by atoms with Crippen LogP contribution in [-0.2, 0) is 4.57 Å².